The summed E-state index contributed by atoms with van der Waals surface area (Å²) >= 11 is 0. The molecular weight excluding hydrogens is 136 g/mol. The van der Waals surface area contributed by atoms with Gasteiger partial charge in [0.15, 0.2) is 0 Å². The Kier molecular flexibility index (Phi) is 5.26. The predicted molar refractivity (Wildman–Crippen MR) is 49.6 cm³/mol. The van der Waals surface area contributed by atoms with Crippen molar-refractivity contribution in [2.75, 3.05) is 0 Å². The molecule has 62 valence electrons. The van der Waals surface area contributed by atoms with E-state index in [4.69, 9.17) is 0 Å². The smallest absolute Gasteiger partial charge is 0.118 e. The second-order valence-corrected chi connectivity index (χ2v) is 2.35. The first-order chi connectivity index (χ1) is 5.26. The van der Waals surface area contributed by atoms with Crippen LogP contribution in [-0.4, -0.2) is 5.11 Å². The highest BCUT2D eigenvalue weighted by Crippen LogP contribution is 2.12. The second kappa shape index (κ2) is 5.78. The quantitative estimate of drug-likeness (QED) is 0.483. The molecule has 0 heterocycles. The van der Waals surface area contributed by atoms with E-state index in [0.29, 0.717) is 5.76 Å². The molecule has 0 spiro atoms. The first kappa shape index (κ1) is 10.0. The third-order valence-electron chi connectivity index (χ3n) is 1.47. The average Bonchev–Trinajstić information content (AvgIpc) is 2.00. The fourth-order valence-corrected chi connectivity index (χ4v) is 0.908. The van der Waals surface area contributed by atoms with Crippen LogP contribution in [0.5, 0.6) is 0 Å². The Bertz CT molecular complexity index is 175. The van der Waals surface area contributed by atoms with Gasteiger partial charge in [-0.05, 0) is 25.0 Å². The lowest BCUT2D eigenvalue weighted by atomic mass is 10.1. The van der Waals surface area contributed by atoms with Gasteiger partial charge in [-0.25, -0.2) is 0 Å². The van der Waals surface area contributed by atoms with E-state index in [1.807, 2.05) is 13.0 Å². The Hall–Kier alpha value is -0.980. The van der Waals surface area contributed by atoms with Crippen molar-refractivity contribution in [3.63, 3.8) is 0 Å². The van der Waals surface area contributed by atoms with Crippen LogP contribution in [0.15, 0.2) is 36.1 Å². The van der Waals surface area contributed by atoms with Gasteiger partial charge in [-0.3, -0.25) is 0 Å². The molecule has 0 amide bonds. The molecule has 1 heteroatoms. The van der Waals surface area contributed by atoms with Gasteiger partial charge in [-0.2, -0.15) is 0 Å². The zero-order valence-electron chi connectivity index (χ0n) is 7.30. The minimum Gasteiger partial charge on any atom is -0.508 e. The molecule has 0 aliphatic rings. The zero-order chi connectivity index (χ0) is 8.69. The van der Waals surface area contributed by atoms with Crippen molar-refractivity contribution in [3.05, 3.63) is 36.1 Å². The van der Waals surface area contributed by atoms with E-state index in [9.17, 15) is 5.11 Å². The molecule has 1 nitrogen and oxygen atoms in total. The summed E-state index contributed by atoms with van der Waals surface area (Å²) in [6.07, 6.45) is 7.11. The molecule has 0 aliphatic heterocycles. The van der Waals surface area contributed by atoms with Gasteiger partial charge in [0.2, 0.25) is 0 Å². The predicted octanol–water partition coefficient (Wildman–Crippen LogP) is 3.36. The molecular formula is C10H16O. The first-order valence-corrected chi connectivity index (χ1v) is 3.93. The van der Waals surface area contributed by atoms with E-state index in [0.717, 1.165) is 18.4 Å². The minimum atomic E-state index is 0.337. The summed E-state index contributed by atoms with van der Waals surface area (Å²) in [6.45, 7) is 7.53. The van der Waals surface area contributed by atoms with Crippen LogP contribution in [0.1, 0.15) is 26.7 Å². The van der Waals surface area contributed by atoms with Gasteiger partial charge in [-0.15, -0.1) is 0 Å². The van der Waals surface area contributed by atoms with Crippen LogP contribution in [0, 0.1) is 0 Å². The normalized spacial score (nSPS) is 13.3. The monoisotopic (exact) mass is 152 g/mol. The lowest BCUT2D eigenvalue weighted by molar-refractivity contribution is 0.418. The fraction of sp³-hybridized carbons (Fsp3) is 0.400. The van der Waals surface area contributed by atoms with Crippen molar-refractivity contribution in [1.29, 1.82) is 0 Å². The summed E-state index contributed by atoms with van der Waals surface area (Å²) < 4.78 is 0. The van der Waals surface area contributed by atoms with E-state index in [1.165, 1.54) is 0 Å². The summed E-state index contributed by atoms with van der Waals surface area (Å²) in [5.41, 5.74) is 0.993. The number of allylic oxidation sites excluding steroid dienone is 4. The summed E-state index contributed by atoms with van der Waals surface area (Å²) in [7, 11) is 0. The fourth-order valence-electron chi connectivity index (χ4n) is 0.908. The first-order valence-electron chi connectivity index (χ1n) is 3.93. The van der Waals surface area contributed by atoms with Crippen LogP contribution in [0.2, 0.25) is 0 Å². The molecule has 0 saturated carbocycles. The maximum atomic E-state index is 9.36. The van der Waals surface area contributed by atoms with Gasteiger partial charge in [-0.1, -0.05) is 32.1 Å². The van der Waals surface area contributed by atoms with Crippen LogP contribution in [-0.2, 0) is 0 Å². The largest absolute Gasteiger partial charge is 0.508 e. The molecule has 0 aromatic heterocycles. The third-order valence-corrected chi connectivity index (χ3v) is 1.47. The Morgan fingerprint density at radius 3 is 2.55 bits per heavy atom. The number of hydrogen-bond acceptors (Lipinski definition) is 1. The number of hydrogen-bond donors (Lipinski definition) is 1. The van der Waals surface area contributed by atoms with Crippen molar-refractivity contribution in [2.45, 2.75) is 26.7 Å². The maximum absolute atomic E-state index is 9.36. The van der Waals surface area contributed by atoms with Crippen molar-refractivity contribution in [3.8, 4) is 0 Å². The molecule has 0 aliphatic carbocycles. The Morgan fingerprint density at radius 1 is 1.55 bits per heavy atom. The standard InChI is InChI=1S/C10H16O/c1-4-7-9(6-3)10(11)8-5-2/h5-6,8,11H,2,4,7H2,1,3H3/b9-6-,10-8+. The molecule has 0 aromatic rings. The summed E-state index contributed by atoms with van der Waals surface area (Å²) in [5, 5.41) is 9.36. The molecule has 0 radical (unpaired) electrons. The highest BCUT2D eigenvalue weighted by Gasteiger charge is 1.97. The van der Waals surface area contributed by atoms with Crippen molar-refractivity contribution in [2.24, 2.45) is 0 Å². The zero-order valence-corrected chi connectivity index (χ0v) is 7.30. The Labute approximate surface area is 68.7 Å². The van der Waals surface area contributed by atoms with E-state index in [-0.39, 0.29) is 0 Å². The highest BCUT2D eigenvalue weighted by atomic mass is 16.3. The Balaban J connectivity index is 4.26. The van der Waals surface area contributed by atoms with Crippen molar-refractivity contribution >= 4 is 0 Å². The number of rotatable bonds is 4. The molecule has 0 saturated heterocycles. The van der Waals surface area contributed by atoms with Crippen LogP contribution < -0.4 is 0 Å². The SMILES string of the molecule is C=C/C=C(O)\C(=C/C)CCC. The van der Waals surface area contributed by atoms with Gasteiger partial charge in [0.1, 0.15) is 5.76 Å². The summed E-state index contributed by atoms with van der Waals surface area (Å²) in [6, 6.07) is 0. The van der Waals surface area contributed by atoms with E-state index in [2.05, 4.69) is 13.5 Å². The van der Waals surface area contributed by atoms with Gasteiger partial charge in [0.25, 0.3) is 0 Å². The van der Waals surface area contributed by atoms with Gasteiger partial charge in [0, 0.05) is 0 Å². The number of aliphatic hydroxyl groups excluding tert-OH is 1. The lowest BCUT2D eigenvalue weighted by Gasteiger charge is -2.02. The maximum Gasteiger partial charge on any atom is 0.118 e. The highest BCUT2D eigenvalue weighted by molar-refractivity contribution is 5.26. The lowest BCUT2D eigenvalue weighted by Crippen LogP contribution is -1.87. The molecule has 0 rings (SSSR count). The van der Waals surface area contributed by atoms with Crippen LogP contribution in [0.4, 0.5) is 0 Å². The van der Waals surface area contributed by atoms with Gasteiger partial charge < -0.3 is 5.11 Å². The Morgan fingerprint density at radius 2 is 2.18 bits per heavy atom. The van der Waals surface area contributed by atoms with Crippen LogP contribution in [0.3, 0.4) is 0 Å². The molecule has 0 atom stereocenters. The van der Waals surface area contributed by atoms with E-state index in [1.54, 1.807) is 12.2 Å². The van der Waals surface area contributed by atoms with Crippen LogP contribution >= 0.6 is 0 Å². The van der Waals surface area contributed by atoms with Gasteiger partial charge in [0.05, 0.1) is 0 Å². The van der Waals surface area contributed by atoms with E-state index < -0.39 is 0 Å². The average molecular weight is 152 g/mol. The van der Waals surface area contributed by atoms with E-state index >= 15 is 0 Å². The molecule has 0 fully saturated rings. The molecule has 11 heavy (non-hydrogen) atoms. The van der Waals surface area contributed by atoms with Gasteiger partial charge >= 0.3 is 0 Å². The third kappa shape index (κ3) is 3.66. The molecule has 0 unspecified atom stereocenters. The number of aliphatic hydroxyl groups is 1. The summed E-state index contributed by atoms with van der Waals surface area (Å²) in [5.74, 6) is 0.337. The topological polar surface area (TPSA) is 20.2 Å². The summed E-state index contributed by atoms with van der Waals surface area (Å²) in [4.78, 5) is 0. The van der Waals surface area contributed by atoms with Crippen molar-refractivity contribution < 1.29 is 5.11 Å². The minimum absolute atomic E-state index is 0.337. The van der Waals surface area contributed by atoms with Crippen molar-refractivity contribution in [1.82, 2.24) is 0 Å². The molecule has 1 N–H and O–H groups in total. The van der Waals surface area contributed by atoms with Crippen LogP contribution in [0.25, 0.3) is 0 Å². The molecule has 0 aromatic carbocycles. The molecule has 0 bridgehead atoms. The second-order valence-electron chi connectivity index (χ2n) is 2.35.